The van der Waals surface area contributed by atoms with Gasteiger partial charge < -0.3 is 9.47 Å². The molecule has 0 spiro atoms. The topological polar surface area (TPSA) is 52.6 Å². The number of carbonyl (C=O) groups excluding carboxylic acids is 2. The van der Waals surface area contributed by atoms with Gasteiger partial charge in [0.2, 0.25) is 0 Å². The molecule has 1 aromatic carbocycles. The lowest BCUT2D eigenvalue weighted by molar-refractivity contribution is -0.142. The van der Waals surface area contributed by atoms with Gasteiger partial charge in [0.15, 0.2) is 0 Å². The number of methoxy groups -OCH3 is 1. The van der Waals surface area contributed by atoms with E-state index in [0.717, 1.165) is 0 Å². The molecule has 0 bridgehead atoms. The fraction of sp³-hybridized carbons (Fsp3) is 0.385. The Bertz CT molecular complexity index is 412. The second-order valence-corrected chi connectivity index (χ2v) is 4.66. The van der Waals surface area contributed by atoms with Crippen LogP contribution in [0.25, 0.3) is 0 Å². The first-order chi connectivity index (χ1) is 7.84. The maximum atomic E-state index is 11.6. The van der Waals surface area contributed by atoms with E-state index >= 15 is 0 Å². The molecular weight excluding hydrogens is 220 g/mol. The van der Waals surface area contributed by atoms with Crippen molar-refractivity contribution in [1.82, 2.24) is 0 Å². The standard InChI is InChI=1S/C13H16O4/c1-13(2,3)12(15)17-10-7-5-9(6-8-10)11(14)16-4/h5-8H,1-4H3. The lowest BCUT2D eigenvalue weighted by atomic mass is 9.97. The van der Waals surface area contributed by atoms with Gasteiger partial charge in [0.05, 0.1) is 18.1 Å². The average Bonchev–Trinajstić information content (AvgIpc) is 2.27. The van der Waals surface area contributed by atoms with Crippen molar-refractivity contribution in [3.05, 3.63) is 29.8 Å². The van der Waals surface area contributed by atoms with Gasteiger partial charge in [-0.25, -0.2) is 4.79 Å². The van der Waals surface area contributed by atoms with Crippen LogP contribution in [-0.4, -0.2) is 19.0 Å². The third kappa shape index (κ3) is 3.59. The van der Waals surface area contributed by atoms with E-state index in [-0.39, 0.29) is 5.97 Å². The van der Waals surface area contributed by atoms with Gasteiger partial charge in [-0.2, -0.15) is 0 Å². The molecule has 0 aliphatic carbocycles. The van der Waals surface area contributed by atoms with Gasteiger partial charge in [0.1, 0.15) is 5.75 Å². The van der Waals surface area contributed by atoms with E-state index in [0.29, 0.717) is 11.3 Å². The Morgan fingerprint density at radius 2 is 1.59 bits per heavy atom. The van der Waals surface area contributed by atoms with Crippen molar-refractivity contribution >= 4 is 11.9 Å². The van der Waals surface area contributed by atoms with E-state index in [1.54, 1.807) is 45.0 Å². The van der Waals surface area contributed by atoms with Crippen molar-refractivity contribution in [2.45, 2.75) is 20.8 Å². The minimum absolute atomic E-state index is 0.316. The summed E-state index contributed by atoms with van der Waals surface area (Å²) >= 11 is 0. The first kappa shape index (κ1) is 13.2. The van der Waals surface area contributed by atoms with Crippen molar-refractivity contribution in [2.24, 2.45) is 5.41 Å². The fourth-order valence-corrected chi connectivity index (χ4v) is 1.04. The molecule has 0 aliphatic rings. The monoisotopic (exact) mass is 236 g/mol. The number of carbonyl (C=O) groups is 2. The molecule has 4 heteroatoms. The van der Waals surface area contributed by atoms with Gasteiger partial charge in [-0.1, -0.05) is 0 Å². The van der Waals surface area contributed by atoms with Gasteiger partial charge in [-0.3, -0.25) is 4.79 Å². The maximum Gasteiger partial charge on any atom is 0.337 e. The summed E-state index contributed by atoms with van der Waals surface area (Å²) in [5, 5.41) is 0. The van der Waals surface area contributed by atoms with E-state index in [9.17, 15) is 9.59 Å². The predicted octanol–water partition coefficient (Wildman–Crippen LogP) is 2.42. The molecule has 0 saturated heterocycles. The summed E-state index contributed by atoms with van der Waals surface area (Å²) in [5.74, 6) is -0.320. The predicted molar refractivity (Wildman–Crippen MR) is 62.9 cm³/mol. The van der Waals surface area contributed by atoms with Gasteiger partial charge in [-0.05, 0) is 45.0 Å². The third-order valence-corrected chi connectivity index (χ3v) is 2.10. The summed E-state index contributed by atoms with van der Waals surface area (Å²) < 4.78 is 9.72. The molecule has 0 fully saturated rings. The fourth-order valence-electron chi connectivity index (χ4n) is 1.04. The zero-order chi connectivity index (χ0) is 13.1. The summed E-state index contributed by atoms with van der Waals surface area (Å²) in [6.07, 6.45) is 0. The molecule has 0 heterocycles. The second kappa shape index (κ2) is 4.99. The summed E-state index contributed by atoms with van der Waals surface area (Å²) in [7, 11) is 1.32. The third-order valence-electron chi connectivity index (χ3n) is 2.10. The van der Waals surface area contributed by atoms with Crippen LogP contribution in [0.15, 0.2) is 24.3 Å². The molecule has 17 heavy (non-hydrogen) atoms. The molecule has 0 aliphatic heterocycles. The smallest absolute Gasteiger partial charge is 0.337 e. The molecule has 0 aromatic heterocycles. The molecule has 0 unspecified atom stereocenters. The SMILES string of the molecule is COC(=O)c1ccc(OC(=O)C(C)(C)C)cc1. The van der Waals surface area contributed by atoms with E-state index in [1.165, 1.54) is 7.11 Å². The van der Waals surface area contributed by atoms with Gasteiger partial charge in [0, 0.05) is 0 Å². The first-order valence-corrected chi connectivity index (χ1v) is 5.25. The number of benzene rings is 1. The number of rotatable bonds is 2. The lowest BCUT2D eigenvalue weighted by Gasteiger charge is -2.16. The van der Waals surface area contributed by atoms with Crippen LogP contribution in [0.2, 0.25) is 0 Å². The van der Waals surface area contributed by atoms with E-state index in [1.807, 2.05) is 0 Å². The Labute approximate surface area is 101 Å². The normalized spacial score (nSPS) is 10.8. The zero-order valence-corrected chi connectivity index (χ0v) is 10.4. The molecule has 92 valence electrons. The highest BCUT2D eigenvalue weighted by Gasteiger charge is 2.23. The molecular formula is C13H16O4. The summed E-state index contributed by atoms with van der Waals surface area (Å²) in [6.45, 7) is 5.33. The van der Waals surface area contributed by atoms with E-state index in [4.69, 9.17) is 4.74 Å². The highest BCUT2D eigenvalue weighted by atomic mass is 16.5. The molecule has 1 rings (SSSR count). The number of hydrogen-bond acceptors (Lipinski definition) is 4. The van der Waals surface area contributed by atoms with Crippen molar-refractivity contribution in [3.63, 3.8) is 0 Å². The Morgan fingerprint density at radius 1 is 1.06 bits per heavy atom. The van der Waals surface area contributed by atoms with Crippen LogP contribution in [0.4, 0.5) is 0 Å². The summed E-state index contributed by atoms with van der Waals surface area (Å²) in [5.41, 5.74) is -0.135. The highest BCUT2D eigenvalue weighted by Crippen LogP contribution is 2.19. The Morgan fingerprint density at radius 3 is 2.00 bits per heavy atom. The summed E-state index contributed by atoms with van der Waals surface area (Å²) in [6, 6.07) is 6.24. The maximum absolute atomic E-state index is 11.6. The lowest BCUT2D eigenvalue weighted by Crippen LogP contribution is -2.25. The number of ether oxygens (including phenoxy) is 2. The molecule has 4 nitrogen and oxygen atoms in total. The second-order valence-electron chi connectivity index (χ2n) is 4.66. The molecule has 0 saturated carbocycles. The molecule has 0 amide bonds. The van der Waals surface area contributed by atoms with Crippen LogP contribution in [0.3, 0.4) is 0 Å². The van der Waals surface area contributed by atoms with Crippen molar-refractivity contribution in [3.8, 4) is 5.75 Å². The van der Waals surface area contributed by atoms with Crippen molar-refractivity contribution in [1.29, 1.82) is 0 Å². The summed E-state index contributed by atoms with van der Waals surface area (Å²) in [4.78, 5) is 22.8. The van der Waals surface area contributed by atoms with Crippen LogP contribution < -0.4 is 4.74 Å². The van der Waals surface area contributed by atoms with E-state index < -0.39 is 11.4 Å². The van der Waals surface area contributed by atoms with Crippen LogP contribution in [0.1, 0.15) is 31.1 Å². The molecule has 1 aromatic rings. The van der Waals surface area contributed by atoms with Gasteiger partial charge in [-0.15, -0.1) is 0 Å². The minimum Gasteiger partial charge on any atom is -0.465 e. The molecule has 0 radical (unpaired) electrons. The van der Waals surface area contributed by atoms with Crippen molar-refractivity contribution < 1.29 is 19.1 Å². The minimum atomic E-state index is -0.555. The number of hydrogen-bond donors (Lipinski definition) is 0. The Balaban J connectivity index is 2.76. The van der Waals surface area contributed by atoms with Crippen LogP contribution >= 0.6 is 0 Å². The first-order valence-electron chi connectivity index (χ1n) is 5.25. The molecule has 0 N–H and O–H groups in total. The van der Waals surface area contributed by atoms with Crippen molar-refractivity contribution in [2.75, 3.05) is 7.11 Å². The average molecular weight is 236 g/mol. The quantitative estimate of drug-likeness (QED) is 0.584. The van der Waals surface area contributed by atoms with Gasteiger partial charge >= 0.3 is 11.9 Å². The van der Waals surface area contributed by atoms with E-state index in [2.05, 4.69) is 4.74 Å². The van der Waals surface area contributed by atoms with Crippen LogP contribution in [-0.2, 0) is 9.53 Å². The zero-order valence-electron chi connectivity index (χ0n) is 10.4. The largest absolute Gasteiger partial charge is 0.465 e. The Kier molecular flexibility index (Phi) is 3.89. The highest BCUT2D eigenvalue weighted by molar-refractivity contribution is 5.89. The Hall–Kier alpha value is -1.84. The molecule has 0 atom stereocenters. The van der Waals surface area contributed by atoms with Crippen LogP contribution in [0.5, 0.6) is 5.75 Å². The number of esters is 2. The van der Waals surface area contributed by atoms with Gasteiger partial charge in [0.25, 0.3) is 0 Å². The van der Waals surface area contributed by atoms with Crippen LogP contribution in [0, 0.1) is 5.41 Å².